The summed E-state index contributed by atoms with van der Waals surface area (Å²) in [5.41, 5.74) is 0.360. The van der Waals surface area contributed by atoms with Crippen LogP contribution in [0.2, 0.25) is 10.0 Å². The molecule has 18 heavy (non-hydrogen) atoms. The molecule has 0 heterocycles. The maximum atomic E-state index is 11.6. The van der Waals surface area contributed by atoms with E-state index in [1.54, 1.807) is 12.1 Å². The van der Waals surface area contributed by atoms with E-state index in [9.17, 15) is 9.59 Å². The van der Waals surface area contributed by atoms with Crippen LogP contribution in [0.4, 0.5) is 10.5 Å². The summed E-state index contributed by atoms with van der Waals surface area (Å²) < 4.78 is 4.48. The van der Waals surface area contributed by atoms with Crippen LogP contribution < -0.4 is 10.6 Å². The Bertz CT molecular complexity index is 466. The lowest BCUT2D eigenvalue weighted by atomic mass is 10.3. The molecule has 2 amide bonds. The second-order valence-corrected chi connectivity index (χ2v) is 4.31. The number of carbonyl (C=O) groups is 2. The van der Waals surface area contributed by atoms with Gasteiger partial charge in [0.15, 0.2) is 0 Å². The molecule has 1 atom stereocenters. The summed E-state index contributed by atoms with van der Waals surface area (Å²) in [7, 11) is 1.24. The lowest BCUT2D eigenvalue weighted by Gasteiger charge is -2.13. The minimum atomic E-state index is -0.757. The van der Waals surface area contributed by atoms with E-state index in [1.165, 1.54) is 20.1 Å². The first-order valence-electron chi connectivity index (χ1n) is 5.04. The van der Waals surface area contributed by atoms with Crippen molar-refractivity contribution in [1.29, 1.82) is 0 Å². The van der Waals surface area contributed by atoms with Crippen LogP contribution in [-0.2, 0) is 9.53 Å². The molecule has 0 aliphatic heterocycles. The molecule has 0 spiro atoms. The van der Waals surface area contributed by atoms with E-state index in [1.807, 2.05) is 0 Å². The Kier molecular flexibility index (Phi) is 5.25. The molecule has 1 unspecified atom stereocenters. The first-order valence-corrected chi connectivity index (χ1v) is 5.80. The standard InChI is InChI=1S/C11H12Cl2N2O3/c1-6(10(16)18-2)14-11(17)15-9-5-7(12)3-4-8(9)13/h3-6H,1-2H3,(H2,14,15,17). The highest BCUT2D eigenvalue weighted by Crippen LogP contribution is 2.25. The van der Waals surface area contributed by atoms with Crippen molar-refractivity contribution in [3.8, 4) is 0 Å². The zero-order valence-corrected chi connectivity index (χ0v) is 11.3. The Morgan fingerprint density at radius 1 is 1.33 bits per heavy atom. The molecule has 0 aromatic heterocycles. The third-order valence-electron chi connectivity index (χ3n) is 2.08. The zero-order chi connectivity index (χ0) is 13.7. The van der Waals surface area contributed by atoms with Gasteiger partial charge in [-0.1, -0.05) is 23.2 Å². The van der Waals surface area contributed by atoms with Gasteiger partial charge in [0.2, 0.25) is 0 Å². The minimum absolute atomic E-state index is 0.347. The molecule has 0 aliphatic rings. The number of rotatable bonds is 3. The average Bonchev–Trinajstić information content (AvgIpc) is 2.32. The molecule has 0 bridgehead atoms. The molecule has 1 rings (SSSR count). The fourth-order valence-corrected chi connectivity index (χ4v) is 1.52. The van der Waals surface area contributed by atoms with Gasteiger partial charge in [0, 0.05) is 5.02 Å². The predicted molar refractivity (Wildman–Crippen MR) is 70.1 cm³/mol. The summed E-state index contributed by atoms with van der Waals surface area (Å²) in [6.45, 7) is 1.50. The van der Waals surface area contributed by atoms with E-state index in [4.69, 9.17) is 23.2 Å². The Labute approximate surface area is 114 Å². The van der Waals surface area contributed by atoms with E-state index in [-0.39, 0.29) is 0 Å². The molecule has 98 valence electrons. The van der Waals surface area contributed by atoms with Crippen molar-refractivity contribution in [3.63, 3.8) is 0 Å². The molecule has 7 heteroatoms. The number of methoxy groups -OCH3 is 1. The molecule has 1 aromatic carbocycles. The number of urea groups is 1. The maximum Gasteiger partial charge on any atom is 0.328 e. The SMILES string of the molecule is COC(=O)C(C)NC(=O)Nc1cc(Cl)ccc1Cl. The highest BCUT2D eigenvalue weighted by atomic mass is 35.5. The van der Waals surface area contributed by atoms with Crippen LogP contribution in [0.3, 0.4) is 0 Å². The van der Waals surface area contributed by atoms with Crippen molar-refractivity contribution >= 4 is 40.9 Å². The number of nitrogens with one attached hydrogen (secondary N) is 2. The topological polar surface area (TPSA) is 67.4 Å². The van der Waals surface area contributed by atoms with Gasteiger partial charge in [0.1, 0.15) is 6.04 Å². The van der Waals surface area contributed by atoms with E-state index in [0.717, 1.165) is 0 Å². The lowest BCUT2D eigenvalue weighted by Crippen LogP contribution is -2.41. The predicted octanol–water partition coefficient (Wildman–Crippen LogP) is 2.68. The number of amides is 2. The Hall–Kier alpha value is -1.46. The van der Waals surface area contributed by atoms with Gasteiger partial charge in [-0.25, -0.2) is 9.59 Å². The number of hydrogen-bond donors (Lipinski definition) is 2. The second-order valence-electron chi connectivity index (χ2n) is 3.47. The summed E-state index contributed by atoms with van der Waals surface area (Å²) in [6.07, 6.45) is 0. The molecular weight excluding hydrogens is 279 g/mol. The first kappa shape index (κ1) is 14.6. The van der Waals surface area contributed by atoms with Gasteiger partial charge < -0.3 is 15.4 Å². The fraction of sp³-hybridized carbons (Fsp3) is 0.273. The van der Waals surface area contributed by atoms with E-state index < -0.39 is 18.0 Å². The highest BCUT2D eigenvalue weighted by Gasteiger charge is 2.16. The van der Waals surface area contributed by atoms with Crippen molar-refractivity contribution in [2.75, 3.05) is 12.4 Å². The van der Waals surface area contributed by atoms with Crippen LogP contribution in [0.15, 0.2) is 18.2 Å². The quantitative estimate of drug-likeness (QED) is 0.841. The van der Waals surface area contributed by atoms with Gasteiger partial charge in [-0.15, -0.1) is 0 Å². The van der Waals surface area contributed by atoms with Crippen molar-refractivity contribution in [1.82, 2.24) is 5.32 Å². The van der Waals surface area contributed by atoms with Crippen LogP contribution in [0, 0.1) is 0 Å². The molecule has 0 saturated carbocycles. The second kappa shape index (κ2) is 6.47. The normalized spacial score (nSPS) is 11.6. The monoisotopic (exact) mass is 290 g/mol. The van der Waals surface area contributed by atoms with Crippen LogP contribution in [0.25, 0.3) is 0 Å². The van der Waals surface area contributed by atoms with E-state index >= 15 is 0 Å². The maximum absolute atomic E-state index is 11.6. The number of halogens is 2. The van der Waals surface area contributed by atoms with Crippen molar-refractivity contribution in [2.45, 2.75) is 13.0 Å². The van der Waals surface area contributed by atoms with Crippen LogP contribution in [0.5, 0.6) is 0 Å². The minimum Gasteiger partial charge on any atom is -0.467 e. The third kappa shape index (κ3) is 4.09. The van der Waals surface area contributed by atoms with Gasteiger partial charge in [-0.05, 0) is 25.1 Å². The third-order valence-corrected chi connectivity index (χ3v) is 2.64. The zero-order valence-electron chi connectivity index (χ0n) is 9.79. The largest absolute Gasteiger partial charge is 0.467 e. The van der Waals surface area contributed by atoms with Gasteiger partial charge in [-0.3, -0.25) is 0 Å². The summed E-state index contributed by atoms with van der Waals surface area (Å²) in [6, 6.07) is 3.34. The van der Waals surface area contributed by atoms with Crippen molar-refractivity contribution in [2.24, 2.45) is 0 Å². The summed E-state index contributed by atoms with van der Waals surface area (Å²) in [5, 5.41) is 5.67. The number of anilines is 1. The number of benzene rings is 1. The van der Waals surface area contributed by atoms with E-state index in [0.29, 0.717) is 15.7 Å². The molecule has 0 fully saturated rings. The van der Waals surface area contributed by atoms with Crippen molar-refractivity contribution < 1.29 is 14.3 Å². The van der Waals surface area contributed by atoms with Gasteiger partial charge >= 0.3 is 12.0 Å². The van der Waals surface area contributed by atoms with Gasteiger partial charge in [-0.2, -0.15) is 0 Å². The number of hydrogen-bond acceptors (Lipinski definition) is 3. The summed E-state index contributed by atoms with van der Waals surface area (Å²) in [5.74, 6) is -0.539. The van der Waals surface area contributed by atoms with Crippen LogP contribution in [-0.4, -0.2) is 25.2 Å². The summed E-state index contributed by atoms with van der Waals surface area (Å²) >= 11 is 11.6. The Morgan fingerprint density at radius 2 is 2.00 bits per heavy atom. The smallest absolute Gasteiger partial charge is 0.328 e. The van der Waals surface area contributed by atoms with Crippen molar-refractivity contribution in [3.05, 3.63) is 28.2 Å². The molecule has 1 aromatic rings. The molecule has 0 saturated heterocycles. The molecule has 2 N–H and O–H groups in total. The summed E-state index contributed by atoms with van der Waals surface area (Å²) in [4.78, 5) is 22.7. The molecular formula is C11H12Cl2N2O3. The average molecular weight is 291 g/mol. The first-order chi connectivity index (χ1) is 8.43. The van der Waals surface area contributed by atoms with Crippen LogP contribution >= 0.6 is 23.2 Å². The lowest BCUT2D eigenvalue weighted by molar-refractivity contribution is -0.142. The Morgan fingerprint density at radius 3 is 2.61 bits per heavy atom. The molecule has 0 aliphatic carbocycles. The fourth-order valence-electron chi connectivity index (χ4n) is 1.18. The Balaban J connectivity index is 2.65. The molecule has 0 radical (unpaired) electrons. The van der Waals surface area contributed by atoms with Gasteiger partial charge in [0.05, 0.1) is 17.8 Å². The number of carbonyl (C=O) groups excluding carboxylic acids is 2. The van der Waals surface area contributed by atoms with Gasteiger partial charge in [0.25, 0.3) is 0 Å². The number of esters is 1. The highest BCUT2D eigenvalue weighted by molar-refractivity contribution is 6.35. The number of ether oxygens (including phenoxy) is 1. The van der Waals surface area contributed by atoms with Crippen LogP contribution in [0.1, 0.15) is 6.92 Å². The molecule has 5 nitrogen and oxygen atoms in total. The van der Waals surface area contributed by atoms with E-state index in [2.05, 4.69) is 15.4 Å².